The minimum atomic E-state index is -0.571. The summed E-state index contributed by atoms with van der Waals surface area (Å²) in [5, 5.41) is 7.57. The normalized spacial score (nSPS) is 31.4. The minimum Gasteiger partial charge on any atom is -0.564 e. The van der Waals surface area contributed by atoms with Crippen LogP contribution in [0, 0.1) is 23.7 Å². The lowest BCUT2D eigenvalue weighted by Gasteiger charge is -2.37. The summed E-state index contributed by atoms with van der Waals surface area (Å²) in [4.78, 5) is 29.0. The third-order valence-corrected chi connectivity index (χ3v) is 5.98. The third-order valence-electron chi connectivity index (χ3n) is 5.98. The van der Waals surface area contributed by atoms with Crippen molar-refractivity contribution in [2.75, 3.05) is 26.2 Å². The van der Waals surface area contributed by atoms with Crippen molar-refractivity contribution in [2.45, 2.75) is 13.0 Å². The second-order valence-electron chi connectivity index (χ2n) is 7.45. The van der Waals surface area contributed by atoms with E-state index in [0.29, 0.717) is 13.1 Å². The smallest absolute Gasteiger partial charge is 0.520 e. The molecule has 1 aromatic carbocycles. The lowest BCUT2D eigenvalue weighted by atomic mass is 9.82. The number of carbonyl (C=O) groups is 2. The van der Waals surface area contributed by atoms with E-state index in [1.165, 1.54) is 5.56 Å². The molecule has 0 aromatic heterocycles. The number of carbonyl (C=O) groups excluding carboxylic acids is 2. The van der Waals surface area contributed by atoms with Crippen LogP contribution in [-0.4, -0.2) is 53.0 Å². The molecule has 25 heavy (non-hydrogen) atoms. The Kier molecular flexibility index (Phi) is 4.34. The van der Waals surface area contributed by atoms with Crippen LogP contribution in [0.25, 0.3) is 0 Å². The van der Waals surface area contributed by atoms with Crippen LogP contribution in [0.1, 0.15) is 12.0 Å². The molecule has 1 amide bonds. The number of amides is 1. The molecular weight excluding hydrogens is 316 g/mol. The van der Waals surface area contributed by atoms with Gasteiger partial charge in [-0.25, -0.2) is 0 Å². The summed E-state index contributed by atoms with van der Waals surface area (Å²) in [6.07, 6.45) is 4.97. The van der Waals surface area contributed by atoms with Gasteiger partial charge in [0.25, 0.3) is 0 Å². The van der Waals surface area contributed by atoms with Crippen LogP contribution in [0.15, 0.2) is 42.5 Å². The first-order valence-electron chi connectivity index (χ1n) is 9.12. The number of piperazine rings is 1. The minimum absolute atomic E-state index is 0.0850. The van der Waals surface area contributed by atoms with Crippen molar-refractivity contribution in [3.05, 3.63) is 48.0 Å². The Balaban J connectivity index is 1.37. The van der Waals surface area contributed by atoms with E-state index >= 15 is 0 Å². The Hall–Kier alpha value is -2.14. The second-order valence-corrected chi connectivity index (χ2v) is 7.45. The van der Waals surface area contributed by atoms with E-state index in [0.717, 1.165) is 26.1 Å². The van der Waals surface area contributed by atoms with Gasteiger partial charge in [-0.15, -0.1) is 0 Å². The molecule has 4 rings (SSSR count). The Bertz CT molecular complexity index is 679. The van der Waals surface area contributed by atoms with Crippen LogP contribution >= 0.6 is 0 Å². The Labute approximate surface area is 147 Å². The van der Waals surface area contributed by atoms with E-state index in [1.807, 2.05) is 17.0 Å². The van der Waals surface area contributed by atoms with Gasteiger partial charge in [-0.2, -0.15) is 0 Å². The molecule has 1 aliphatic heterocycles. The molecule has 2 unspecified atom stereocenters. The van der Waals surface area contributed by atoms with Crippen LogP contribution in [0.4, 0.5) is 0 Å². The van der Waals surface area contributed by atoms with Crippen molar-refractivity contribution < 1.29 is 14.7 Å². The molecule has 132 valence electrons. The van der Waals surface area contributed by atoms with Crippen LogP contribution in [0.5, 0.6) is 0 Å². The number of allylic oxidation sites excluding steroid dienone is 2. The number of hydrogen-bond acceptors (Lipinski definition) is 3. The van der Waals surface area contributed by atoms with Crippen molar-refractivity contribution in [2.24, 2.45) is 23.7 Å². The van der Waals surface area contributed by atoms with Crippen LogP contribution < -0.4 is 0 Å². The largest absolute Gasteiger partial charge is 0.564 e. The SMILES string of the molecule is O=C([OH2+])C1C(C(=O)N2CCN(Cc3ccccc3)CC2)[C@@H]2C=C[C@H]1C2. The third kappa shape index (κ3) is 3.09. The fraction of sp³-hybridized carbons (Fsp3) is 0.500. The molecule has 0 radical (unpaired) electrons. The molecule has 2 bridgehead atoms. The number of hydrogen-bond donors (Lipinski definition) is 0. The Morgan fingerprint density at radius 3 is 2.24 bits per heavy atom. The van der Waals surface area contributed by atoms with Crippen LogP contribution in [0.3, 0.4) is 0 Å². The molecule has 1 heterocycles. The molecule has 1 saturated carbocycles. The molecular formula is C20H25N2O3+. The van der Waals surface area contributed by atoms with E-state index in [2.05, 4.69) is 35.2 Å². The number of benzene rings is 1. The van der Waals surface area contributed by atoms with Gasteiger partial charge in [0.15, 0.2) is 0 Å². The zero-order valence-corrected chi connectivity index (χ0v) is 14.3. The predicted octanol–water partition coefficient (Wildman–Crippen LogP) is 1.02. The molecule has 5 heteroatoms. The molecule has 4 atom stereocenters. The topological polar surface area (TPSA) is 63.5 Å². The first-order valence-corrected chi connectivity index (χ1v) is 9.12. The van der Waals surface area contributed by atoms with Crippen molar-refractivity contribution in [3.8, 4) is 0 Å². The molecule has 5 nitrogen and oxygen atoms in total. The second kappa shape index (κ2) is 6.64. The highest BCUT2D eigenvalue weighted by molar-refractivity contribution is 5.87. The fourth-order valence-corrected chi connectivity index (χ4v) is 4.70. The number of nitrogens with zero attached hydrogens (tertiary/aromatic N) is 2. The highest BCUT2D eigenvalue weighted by Crippen LogP contribution is 2.48. The molecule has 2 N–H and O–H groups in total. The zero-order chi connectivity index (χ0) is 17.4. The lowest BCUT2D eigenvalue weighted by Crippen LogP contribution is -2.52. The molecule has 1 aromatic rings. The maximum atomic E-state index is 13.0. The van der Waals surface area contributed by atoms with Gasteiger partial charge in [0, 0.05) is 37.5 Å². The lowest BCUT2D eigenvalue weighted by molar-refractivity contribution is -0.151. The highest BCUT2D eigenvalue weighted by atomic mass is 16.4. The maximum Gasteiger partial charge on any atom is 0.520 e. The maximum absolute atomic E-state index is 13.0. The van der Waals surface area contributed by atoms with E-state index in [4.69, 9.17) is 5.11 Å². The van der Waals surface area contributed by atoms with E-state index in [9.17, 15) is 9.59 Å². The van der Waals surface area contributed by atoms with Gasteiger partial charge in [-0.05, 0) is 23.8 Å². The van der Waals surface area contributed by atoms with Gasteiger partial charge >= 0.3 is 5.97 Å². The molecule has 1 saturated heterocycles. The summed E-state index contributed by atoms with van der Waals surface area (Å²) in [5.41, 5.74) is 1.29. The molecule has 2 aliphatic carbocycles. The average Bonchev–Trinajstić information content (AvgIpc) is 3.24. The summed E-state index contributed by atoms with van der Waals surface area (Å²) in [6, 6.07) is 10.4. The standard InChI is InChI=1S/C20H24N2O3/c23-19(17-15-6-7-16(12-15)18(17)20(24)25)22-10-8-21(9-11-22)13-14-4-2-1-3-5-14/h1-7,15-18H,8-13H2,(H,24,25)/p+1/t15-,16+,17?,18?/m1/s1. The molecule has 3 aliphatic rings. The van der Waals surface area contributed by atoms with Crippen LogP contribution in [-0.2, 0) is 16.1 Å². The monoisotopic (exact) mass is 341 g/mol. The van der Waals surface area contributed by atoms with Gasteiger partial charge in [0.05, 0.1) is 5.92 Å². The van der Waals surface area contributed by atoms with Crippen molar-refractivity contribution in [3.63, 3.8) is 0 Å². The summed E-state index contributed by atoms with van der Waals surface area (Å²) < 4.78 is 0. The Morgan fingerprint density at radius 2 is 1.60 bits per heavy atom. The van der Waals surface area contributed by atoms with E-state index in [1.54, 1.807) is 0 Å². The number of fused-ring (bicyclic) bond motifs is 2. The van der Waals surface area contributed by atoms with Crippen molar-refractivity contribution >= 4 is 11.9 Å². The first kappa shape index (κ1) is 16.3. The first-order chi connectivity index (χ1) is 12.1. The van der Waals surface area contributed by atoms with Crippen LogP contribution in [0.2, 0.25) is 0 Å². The molecule has 2 fully saturated rings. The highest BCUT2D eigenvalue weighted by Gasteiger charge is 2.55. The molecule has 0 spiro atoms. The quantitative estimate of drug-likeness (QED) is 0.607. The van der Waals surface area contributed by atoms with Gasteiger partial charge in [0.1, 0.15) is 5.92 Å². The summed E-state index contributed by atoms with van der Waals surface area (Å²) in [7, 11) is 0. The van der Waals surface area contributed by atoms with Gasteiger partial charge in [-0.3, -0.25) is 9.69 Å². The Morgan fingerprint density at radius 1 is 0.960 bits per heavy atom. The van der Waals surface area contributed by atoms with Crippen molar-refractivity contribution in [1.29, 1.82) is 0 Å². The summed E-state index contributed by atoms with van der Waals surface area (Å²) in [5.74, 6) is -0.965. The predicted molar refractivity (Wildman–Crippen MR) is 94.6 cm³/mol. The number of rotatable bonds is 4. The summed E-state index contributed by atoms with van der Waals surface area (Å²) >= 11 is 0. The van der Waals surface area contributed by atoms with Gasteiger partial charge in [-0.1, -0.05) is 42.5 Å². The van der Waals surface area contributed by atoms with E-state index in [-0.39, 0.29) is 23.7 Å². The van der Waals surface area contributed by atoms with Gasteiger partial charge in [0.2, 0.25) is 5.91 Å². The zero-order valence-electron chi connectivity index (χ0n) is 14.3. The fourth-order valence-electron chi connectivity index (χ4n) is 4.70. The summed E-state index contributed by atoms with van der Waals surface area (Å²) in [6.45, 7) is 4.05. The van der Waals surface area contributed by atoms with E-state index < -0.39 is 11.9 Å². The average molecular weight is 341 g/mol. The van der Waals surface area contributed by atoms with Crippen molar-refractivity contribution in [1.82, 2.24) is 9.80 Å². The van der Waals surface area contributed by atoms with Gasteiger partial charge < -0.3 is 10.0 Å².